The summed E-state index contributed by atoms with van der Waals surface area (Å²) >= 11 is 6.22. The Morgan fingerprint density at radius 2 is 1.96 bits per heavy atom. The highest BCUT2D eigenvalue weighted by Crippen LogP contribution is 2.29. The highest BCUT2D eigenvalue weighted by atomic mass is 35.5. The van der Waals surface area contributed by atoms with E-state index in [4.69, 9.17) is 16.1 Å². The van der Waals surface area contributed by atoms with E-state index >= 15 is 0 Å². The van der Waals surface area contributed by atoms with Gasteiger partial charge >= 0.3 is 0 Å². The van der Waals surface area contributed by atoms with Crippen LogP contribution in [0.25, 0.3) is 39.5 Å². The van der Waals surface area contributed by atoms with E-state index in [2.05, 4.69) is 15.1 Å². The molecule has 0 aliphatic rings. The third kappa shape index (κ3) is 2.35. The summed E-state index contributed by atoms with van der Waals surface area (Å²) in [6, 6.07) is 11.0. The molecular weight excluding hydrogens is 385 g/mol. The molecule has 5 rings (SSSR count). The van der Waals surface area contributed by atoms with Crippen molar-refractivity contribution in [3.63, 3.8) is 0 Å². The van der Waals surface area contributed by atoms with Crippen molar-refractivity contribution in [3.8, 4) is 23.0 Å². The molecule has 9 heteroatoms. The molecule has 7 nitrogen and oxygen atoms in total. The molecule has 5 aromatic rings. The molecule has 0 atom stereocenters. The number of imidazole rings is 1. The zero-order valence-corrected chi connectivity index (χ0v) is 15.2. The minimum atomic E-state index is -0.353. The number of rotatable bonds is 2. The lowest BCUT2D eigenvalue weighted by molar-refractivity contribution is -0.583. The SMILES string of the molecule is Cc1c2c(-c3nc(-c4ccc(F)cc4)no3)ncn2c2cccc(Cl)c2[n+]1[O-]. The molecule has 2 aromatic carbocycles. The molecule has 0 unspecified atom stereocenters. The number of nitrogens with zero attached hydrogens (tertiary/aromatic N) is 5. The van der Waals surface area contributed by atoms with Crippen LogP contribution >= 0.6 is 11.6 Å². The minimum Gasteiger partial charge on any atom is -0.618 e. The molecule has 0 saturated heterocycles. The summed E-state index contributed by atoms with van der Waals surface area (Å²) < 4.78 is 21.0. The van der Waals surface area contributed by atoms with E-state index in [1.54, 1.807) is 48.0 Å². The van der Waals surface area contributed by atoms with Crippen LogP contribution in [0.2, 0.25) is 5.02 Å². The summed E-state index contributed by atoms with van der Waals surface area (Å²) in [6.45, 7) is 1.67. The highest BCUT2D eigenvalue weighted by molar-refractivity contribution is 6.34. The Labute approximate surface area is 162 Å². The fraction of sp³-hybridized carbons (Fsp3) is 0.0526. The number of fused-ring (bicyclic) bond motifs is 3. The van der Waals surface area contributed by atoms with E-state index in [0.717, 1.165) is 4.73 Å². The van der Waals surface area contributed by atoms with Gasteiger partial charge in [0, 0.05) is 12.5 Å². The highest BCUT2D eigenvalue weighted by Gasteiger charge is 2.24. The molecule has 0 saturated carbocycles. The summed E-state index contributed by atoms with van der Waals surface area (Å²) in [6.07, 6.45) is 1.58. The van der Waals surface area contributed by atoms with Gasteiger partial charge in [0.2, 0.25) is 11.5 Å². The van der Waals surface area contributed by atoms with Crippen molar-refractivity contribution >= 4 is 28.2 Å². The Bertz CT molecular complexity index is 1360. The largest absolute Gasteiger partial charge is 0.618 e. The maximum atomic E-state index is 13.1. The van der Waals surface area contributed by atoms with E-state index in [1.807, 2.05) is 0 Å². The van der Waals surface area contributed by atoms with Gasteiger partial charge < -0.3 is 9.73 Å². The van der Waals surface area contributed by atoms with Crippen molar-refractivity contribution in [2.24, 2.45) is 0 Å². The molecule has 138 valence electrons. The quantitative estimate of drug-likeness (QED) is 0.334. The maximum absolute atomic E-state index is 13.1. The number of hydrogen-bond donors (Lipinski definition) is 0. The van der Waals surface area contributed by atoms with E-state index in [9.17, 15) is 9.60 Å². The van der Waals surface area contributed by atoms with Crippen LogP contribution < -0.4 is 4.73 Å². The number of halogens is 2. The first-order chi connectivity index (χ1) is 13.5. The predicted molar refractivity (Wildman–Crippen MR) is 100 cm³/mol. The average Bonchev–Trinajstić information content (AvgIpc) is 3.34. The van der Waals surface area contributed by atoms with Crippen molar-refractivity contribution in [3.05, 3.63) is 70.5 Å². The molecule has 3 aromatic heterocycles. The monoisotopic (exact) mass is 395 g/mol. The number of benzene rings is 2. The normalized spacial score (nSPS) is 11.5. The predicted octanol–water partition coefficient (Wildman–Crippen LogP) is 3.94. The number of aromatic nitrogens is 5. The molecule has 0 aliphatic heterocycles. The topological polar surface area (TPSA) is 83.2 Å². The Morgan fingerprint density at radius 3 is 2.75 bits per heavy atom. The van der Waals surface area contributed by atoms with Crippen LogP contribution in [0.3, 0.4) is 0 Å². The summed E-state index contributed by atoms with van der Waals surface area (Å²) in [5, 5.41) is 17.1. The van der Waals surface area contributed by atoms with Gasteiger partial charge in [0.1, 0.15) is 28.2 Å². The molecule has 0 aliphatic carbocycles. The van der Waals surface area contributed by atoms with Crippen molar-refractivity contribution in [2.45, 2.75) is 6.92 Å². The van der Waals surface area contributed by atoms with Crippen LogP contribution in [0.4, 0.5) is 4.39 Å². The third-order valence-corrected chi connectivity index (χ3v) is 4.88. The first-order valence-electron chi connectivity index (χ1n) is 8.32. The molecule has 28 heavy (non-hydrogen) atoms. The van der Waals surface area contributed by atoms with Gasteiger partial charge in [-0.3, -0.25) is 4.40 Å². The van der Waals surface area contributed by atoms with E-state index in [1.165, 1.54) is 12.1 Å². The van der Waals surface area contributed by atoms with E-state index in [-0.39, 0.29) is 11.7 Å². The van der Waals surface area contributed by atoms with Crippen LogP contribution in [0.1, 0.15) is 5.69 Å². The fourth-order valence-electron chi connectivity index (χ4n) is 3.23. The van der Waals surface area contributed by atoms with Crippen molar-refractivity contribution < 1.29 is 13.6 Å². The zero-order chi connectivity index (χ0) is 19.4. The summed E-state index contributed by atoms with van der Waals surface area (Å²) in [5.41, 5.74) is 2.89. The second-order valence-electron chi connectivity index (χ2n) is 6.23. The van der Waals surface area contributed by atoms with Gasteiger partial charge in [-0.15, -0.1) is 0 Å². The van der Waals surface area contributed by atoms with Crippen molar-refractivity contribution in [1.29, 1.82) is 0 Å². The maximum Gasteiger partial charge on any atom is 0.279 e. The Balaban J connectivity index is 1.73. The first kappa shape index (κ1) is 16.6. The lowest BCUT2D eigenvalue weighted by Crippen LogP contribution is -2.32. The summed E-state index contributed by atoms with van der Waals surface area (Å²) in [7, 11) is 0. The van der Waals surface area contributed by atoms with Crippen LogP contribution in [0.5, 0.6) is 0 Å². The molecule has 0 bridgehead atoms. The average molecular weight is 396 g/mol. The lowest BCUT2D eigenvalue weighted by Gasteiger charge is -2.09. The molecular formula is C19H11ClFN5O2. The van der Waals surface area contributed by atoms with Crippen LogP contribution in [0, 0.1) is 17.9 Å². The van der Waals surface area contributed by atoms with Gasteiger partial charge in [0.15, 0.2) is 5.69 Å². The second-order valence-corrected chi connectivity index (χ2v) is 6.64. The van der Waals surface area contributed by atoms with Gasteiger partial charge in [-0.2, -0.15) is 9.71 Å². The Hall–Kier alpha value is -3.52. The Morgan fingerprint density at radius 1 is 1.18 bits per heavy atom. The lowest BCUT2D eigenvalue weighted by atomic mass is 10.2. The molecule has 0 amide bonds. The molecule has 0 spiro atoms. The number of para-hydroxylation sites is 1. The molecule has 3 heterocycles. The van der Waals surface area contributed by atoms with Gasteiger partial charge in [0.05, 0.1) is 0 Å². The molecule has 0 N–H and O–H groups in total. The van der Waals surface area contributed by atoms with Gasteiger partial charge in [-0.05, 0) is 36.4 Å². The molecule has 0 radical (unpaired) electrons. The minimum absolute atomic E-state index is 0.159. The third-order valence-electron chi connectivity index (χ3n) is 4.57. The van der Waals surface area contributed by atoms with Gasteiger partial charge in [-0.1, -0.05) is 22.8 Å². The van der Waals surface area contributed by atoms with Crippen LogP contribution in [-0.4, -0.2) is 19.5 Å². The number of aryl methyl sites for hydroxylation is 1. The fourth-order valence-corrected chi connectivity index (χ4v) is 3.48. The smallest absolute Gasteiger partial charge is 0.279 e. The van der Waals surface area contributed by atoms with E-state index < -0.39 is 0 Å². The van der Waals surface area contributed by atoms with Crippen molar-refractivity contribution in [2.75, 3.05) is 0 Å². The summed E-state index contributed by atoms with van der Waals surface area (Å²) in [4.78, 5) is 8.74. The molecule has 0 fully saturated rings. The van der Waals surface area contributed by atoms with Crippen molar-refractivity contribution in [1.82, 2.24) is 19.5 Å². The summed E-state index contributed by atoms with van der Waals surface area (Å²) in [5.74, 6) is 0.104. The van der Waals surface area contributed by atoms with E-state index in [0.29, 0.717) is 44.3 Å². The first-order valence-corrected chi connectivity index (χ1v) is 8.70. The van der Waals surface area contributed by atoms with Gasteiger partial charge in [-0.25, -0.2) is 9.37 Å². The van der Waals surface area contributed by atoms with Crippen LogP contribution in [0.15, 0.2) is 53.3 Å². The zero-order valence-electron chi connectivity index (χ0n) is 14.4. The number of hydrogen-bond acceptors (Lipinski definition) is 5. The van der Waals surface area contributed by atoms with Gasteiger partial charge in [0.25, 0.3) is 11.4 Å². The standard InChI is InChI=1S/C19H11ClFN5O2/c1-10-16-15(19-23-18(24-28-19)11-5-7-12(21)8-6-11)22-9-25(16)14-4-2-3-13(20)17(14)26(10)27/h2-9H,1H3. The Kier molecular flexibility index (Phi) is 3.56. The second kappa shape index (κ2) is 6.00. The van der Waals surface area contributed by atoms with Crippen LogP contribution in [-0.2, 0) is 0 Å².